The molecule has 0 aliphatic carbocycles. The van der Waals surface area contributed by atoms with Crippen LogP contribution >= 0.6 is 0 Å². The third-order valence-electron chi connectivity index (χ3n) is 5.25. The van der Waals surface area contributed by atoms with Crippen LogP contribution in [0, 0.1) is 5.82 Å². The van der Waals surface area contributed by atoms with E-state index in [0.29, 0.717) is 43.4 Å². The first-order chi connectivity index (χ1) is 16.5. The predicted molar refractivity (Wildman–Crippen MR) is 123 cm³/mol. The number of morpholine rings is 1. The van der Waals surface area contributed by atoms with Crippen molar-refractivity contribution in [1.29, 1.82) is 0 Å². The molecule has 34 heavy (non-hydrogen) atoms. The Morgan fingerprint density at radius 3 is 2.47 bits per heavy atom. The molecule has 0 atom stereocenters. The van der Waals surface area contributed by atoms with Crippen LogP contribution in [0.1, 0.15) is 21.6 Å². The van der Waals surface area contributed by atoms with Crippen LogP contribution < -0.4 is 16.0 Å². The molecule has 11 heteroatoms. The lowest BCUT2D eigenvalue weighted by Gasteiger charge is -2.26. The summed E-state index contributed by atoms with van der Waals surface area (Å²) in [6, 6.07) is 12.4. The van der Waals surface area contributed by atoms with E-state index in [1.165, 1.54) is 12.1 Å². The van der Waals surface area contributed by atoms with Crippen LogP contribution in [-0.2, 0) is 17.8 Å². The Hall–Kier alpha value is -3.83. The first kappa shape index (κ1) is 23.3. The van der Waals surface area contributed by atoms with Gasteiger partial charge >= 0.3 is 6.03 Å². The average Bonchev–Trinajstić information content (AvgIpc) is 3.31. The van der Waals surface area contributed by atoms with Crippen LogP contribution in [0.4, 0.5) is 14.9 Å². The van der Waals surface area contributed by atoms with Gasteiger partial charge in [0.1, 0.15) is 11.5 Å². The van der Waals surface area contributed by atoms with Crippen molar-refractivity contribution in [2.24, 2.45) is 0 Å². The van der Waals surface area contributed by atoms with Gasteiger partial charge in [0, 0.05) is 24.3 Å². The lowest BCUT2D eigenvalue weighted by molar-refractivity contribution is 0.0334. The standard InChI is InChI=1S/C23H26FN7O3/c24-19-5-1-17(2-6-19)14-31-15-21(28-29-31)13-25-23(33)27-20-7-3-18(4-8-20)22(32)26-16-30-9-11-34-12-10-30/h1-8,15H,9-14,16H2,(H,26,32)(H2,25,27,33). The topological polar surface area (TPSA) is 113 Å². The van der Waals surface area contributed by atoms with Gasteiger partial charge in [0.15, 0.2) is 0 Å². The Balaban J connectivity index is 1.20. The SMILES string of the molecule is O=C(NCc1cn(Cc2ccc(F)cc2)nn1)Nc1ccc(C(=O)NCN2CCOCC2)cc1. The molecule has 4 rings (SSSR count). The van der Waals surface area contributed by atoms with E-state index in [4.69, 9.17) is 4.74 Å². The van der Waals surface area contributed by atoms with Crippen LogP contribution in [0.2, 0.25) is 0 Å². The zero-order chi connectivity index (χ0) is 23.8. The molecule has 0 unspecified atom stereocenters. The van der Waals surface area contributed by atoms with Gasteiger partial charge in [-0.2, -0.15) is 0 Å². The van der Waals surface area contributed by atoms with Gasteiger partial charge in [-0.25, -0.2) is 13.9 Å². The molecule has 1 fully saturated rings. The smallest absolute Gasteiger partial charge is 0.319 e. The summed E-state index contributed by atoms with van der Waals surface area (Å²) >= 11 is 0. The summed E-state index contributed by atoms with van der Waals surface area (Å²) in [4.78, 5) is 26.6. The molecule has 10 nitrogen and oxygen atoms in total. The van der Waals surface area contributed by atoms with Crippen LogP contribution in [0.5, 0.6) is 0 Å². The summed E-state index contributed by atoms with van der Waals surface area (Å²) in [7, 11) is 0. The van der Waals surface area contributed by atoms with E-state index >= 15 is 0 Å². The predicted octanol–water partition coefficient (Wildman–Crippen LogP) is 1.81. The fourth-order valence-electron chi connectivity index (χ4n) is 3.37. The van der Waals surface area contributed by atoms with Crippen molar-refractivity contribution in [2.45, 2.75) is 13.1 Å². The van der Waals surface area contributed by atoms with Gasteiger partial charge in [-0.05, 0) is 42.0 Å². The van der Waals surface area contributed by atoms with E-state index in [-0.39, 0.29) is 18.3 Å². The van der Waals surface area contributed by atoms with Gasteiger partial charge < -0.3 is 20.7 Å². The molecule has 178 valence electrons. The van der Waals surface area contributed by atoms with E-state index in [2.05, 4.69) is 31.2 Å². The molecule has 0 spiro atoms. The number of anilines is 1. The Labute approximate surface area is 196 Å². The molecular formula is C23H26FN7O3. The maximum absolute atomic E-state index is 13.0. The van der Waals surface area contributed by atoms with E-state index in [0.717, 1.165) is 18.7 Å². The van der Waals surface area contributed by atoms with Gasteiger partial charge in [-0.3, -0.25) is 9.69 Å². The normalized spacial score (nSPS) is 13.9. The Morgan fingerprint density at radius 2 is 1.74 bits per heavy atom. The highest BCUT2D eigenvalue weighted by Gasteiger charge is 2.12. The van der Waals surface area contributed by atoms with Crippen LogP contribution in [0.25, 0.3) is 0 Å². The van der Waals surface area contributed by atoms with Gasteiger partial charge in [-0.1, -0.05) is 17.3 Å². The van der Waals surface area contributed by atoms with Crippen LogP contribution in [-0.4, -0.2) is 64.8 Å². The van der Waals surface area contributed by atoms with Gasteiger partial charge in [0.2, 0.25) is 0 Å². The van der Waals surface area contributed by atoms with Gasteiger partial charge in [0.25, 0.3) is 5.91 Å². The average molecular weight is 468 g/mol. The van der Waals surface area contributed by atoms with Crippen molar-refractivity contribution in [3.8, 4) is 0 Å². The fourth-order valence-corrected chi connectivity index (χ4v) is 3.37. The third-order valence-corrected chi connectivity index (χ3v) is 5.25. The minimum absolute atomic E-state index is 0.175. The zero-order valence-corrected chi connectivity index (χ0v) is 18.5. The monoisotopic (exact) mass is 467 g/mol. The number of carbonyl (C=O) groups excluding carboxylic acids is 2. The molecule has 0 bridgehead atoms. The Bertz CT molecular complexity index is 1100. The second-order valence-electron chi connectivity index (χ2n) is 7.81. The molecular weight excluding hydrogens is 441 g/mol. The number of carbonyl (C=O) groups is 2. The van der Waals surface area contributed by atoms with Crippen molar-refractivity contribution in [1.82, 2.24) is 30.5 Å². The van der Waals surface area contributed by atoms with Crippen molar-refractivity contribution in [3.63, 3.8) is 0 Å². The van der Waals surface area contributed by atoms with E-state index in [1.54, 1.807) is 47.3 Å². The summed E-state index contributed by atoms with van der Waals surface area (Å²) in [6.45, 7) is 4.05. The number of urea groups is 1. The first-order valence-electron chi connectivity index (χ1n) is 10.9. The number of nitrogens with one attached hydrogen (secondary N) is 3. The summed E-state index contributed by atoms with van der Waals surface area (Å²) in [5, 5.41) is 16.4. The Kier molecular flexibility index (Phi) is 7.79. The van der Waals surface area contributed by atoms with Crippen molar-refractivity contribution in [2.75, 3.05) is 38.3 Å². The lowest BCUT2D eigenvalue weighted by atomic mass is 10.2. The van der Waals surface area contributed by atoms with Gasteiger partial charge in [0.05, 0.1) is 39.2 Å². The molecule has 1 aliphatic rings. The second-order valence-corrected chi connectivity index (χ2v) is 7.81. The molecule has 3 amide bonds. The summed E-state index contributed by atoms with van der Waals surface area (Å²) in [5.41, 5.74) is 2.55. The van der Waals surface area contributed by atoms with E-state index in [1.807, 2.05) is 0 Å². The number of nitrogens with zero attached hydrogens (tertiary/aromatic N) is 4. The quantitative estimate of drug-likeness (QED) is 0.466. The number of benzene rings is 2. The first-order valence-corrected chi connectivity index (χ1v) is 10.9. The molecule has 0 saturated carbocycles. The molecule has 1 saturated heterocycles. The number of amides is 3. The van der Waals surface area contributed by atoms with Crippen molar-refractivity contribution in [3.05, 3.63) is 77.4 Å². The number of halogens is 1. The summed E-state index contributed by atoms with van der Waals surface area (Å²) < 4.78 is 19.9. The fraction of sp³-hybridized carbons (Fsp3) is 0.304. The van der Waals surface area contributed by atoms with Crippen molar-refractivity contribution < 1.29 is 18.7 Å². The molecule has 3 N–H and O–H groups in total. The minimum Gasteiger partial charge on any atom is -0.379 e. The molecule has 1 aliphatic heterocycles. The third kappa shape index (κ3) is 6.83. The summed E-state index contributed by atoms with van der Waals surface area (Å²) in [6.07, 6.45) is 1.72. The Morgan fingerprint density at radius 1 is 1.00 bits per heavy atom. The molecule has 0 radical (unpaired) electrons. The number of rotatable bonds is 8. The molecule has 1 aromatic heterocycles. The van der Waals surface area contributed by atoms with Crippen LogP contribution in [0.3, 0.4) is 0 Å². The lowest BCUT2D eigenvalue weighted by Crippen LogP contribution is -2.43. The minimum atomic E-state index is -0.405. The number of hydrogen-bond donors (Lipinski definition) is 3. The van der Waals surface area contributed by atoms with E-state index < -0.39 is 6.03 Å². The highest BCUT2D eigenvalue weighted by Crippen LogP contribution is 2.10. The molecule has 2 heterocycles. The number of hydrogen-bond acceptors (Lipinski definition) is 6. The number of ether oxygens (including phenoxy) is 1. The van der Waals surface area contributed by atoms with Gasteiger partial charge in [-0.15, -0.1) is 5.10 Å². The number of aromatic nitrogens is 3. The van der Waals surface area contributed by atoms with E-state index in [9.17, 15) is 14.0 Å². The highest BCUT2D eigenvalue weighted by atomic mass is 19.1. The largest absolute Gasteiger partial charge is 0.379 e. The maximum Gasteiger partial charge on any atom is 0.319 e. The molecule has 3 aromatic rings. The highest BCUT2D eigenvalue weighted by molar-refractivity contribution is 5.95. The molecule has 2 aromatic carbocycles. The van der Waals surface area contributed by atoms with Crippen LogP contribution in [0.15, 0.2) is 54.7 Å². The zero-order valence-electron chi connectivity index (χ0n) is 18.5. The van der Waals surface area contributed by atoms with Crippen molar-refractivity contribution >= 4 is 17.6 Å². The maximum atomic E-state index is 13.0. The summed E-state index contributed by atoms with van der Waals surface area (Å²) in [5.74, 6) is -0.467. The second kappa shape index (κ2) is 11.3.